The van der Waals surface area contributed by atoms with Crippen LogP contribution in [0, 0.1) is 11.6 Å². The van der Waals surface area contributed by atoms with Crippen LogP contribution < -0.4 is 0 Å². The Morgan fingerprint density at radius 1 is 0.531 bits per heavy atom. The average molecular weight is 422 g/mol. The van der Waals surface area contributed by atoms with Gasteiger partial charge in [-0.1, -0.05) is 0 Å². The third-order valence-corrected chi connectivity index (χ3v) is 5.37. The maximum Gasteiger partial charge on any atom is 0.126 e. The van der Waals surface area contributed by atoms with E-state index in [-0.39, 0.29) is 0 Å². The van der Waals surface area contributed by atoms with Crippen molar-refractivity contribution in [1.29, 1.82) is 0 Å². The first kappa shape index (κ1) is 18.4. The van der Waals surface area contributed by atoms with Crippen LogP contribution in [0.1, 0.15) is 22.8 Å². The van der Waals surface area contributed by atoms with Crippen molar-refractivity contribution in [2.45, 2.75) is 0 Å². The van der Waals surface area contributed by atoms with Gasteiger partial charge in [0.15, 0.2) is 0 Å². The molecule has 32 heavy (non-hydrogen) atoms. The lowest BCUT2D eigenvalue weighted by atomic mass is 10.0. The number of nitrogens with one attached hydrogen (secondary N) is 2. The standard InChI is InChI=1S/C26H16F2N4/c27-16-9-15(10-17(28)11-16)26-24-7-5-22(31-24)13-20-3-1-18(29-20)12-19-2-4-21(30-19)14-23-6-8-25(26)32-23/h1-14,29-30H. The molecule has 8 bridgehead atoms. The molecule has 0 aliphatic carbocycles. The molecule has 2 aliphatic heterocycles. The van der Waals surface area contributed by atoms with Gasteiger partial charge in [-0.05, 0) is 84.5 Å². The molecular formula is C26H16F2N4. The fraction of sp³-hybridized carbons (Fsp3) is 0. The van der Waals surface area contributed by atoms with Crippen LogP contribution in [0.2, 0.25) is 0 Å². The number of hydrogen-bond acceptors (Lipinski definition) is 2. The predicted octanol–water partition coefficient (Wildman–Crippen LogP) is 6.60. The largest absolute Gasteiger partial charge is 0.355 e. The Morgan fingerprint density at radius 2 is 1.00 bits per heavy atom. The third kappa shape index (κ3) is 3.41. The van der Waals surface area contributed by atoms with Crippen LogP contribution in [-0.2, 0) is 0 Å². The number of rotatable bonds is 1. The van der Waals surface area contributed by atoms with E-state index in [1.54, 1.807) is 0 Å². The van der Waals surface area contributed by atoms with Crippen molar-refractivity contribution in [3.8, 4) is 11.1 Å². The van der Waals surface area contributed by atoms with Crippen molar-refractivity contribution in [1.82, 2.24) is 19.9 Å². The summed E-state index contributed by atoms with van der Waals surface area (Å²) in [7, 11) is 0. The maximum absolute atomic E-state index is 14.1. The molecule has 4 nitrogen and oxygen atoms in total. The molecule has 6 heteroatoms. The molecule has 0 saturated heterocycles. The second kappa shape index (κ2) is 7.13. The van der Waals surface area contributed by atoms with Gasteiger partial charge in [-0.2, -0.15) is 0 Å². The number of H-pyrrole nitrogens is 2. The molecule has 2 N–H and O–H groups in total. The van der Waals surface area contributed by atoms with Gasteiger partial charge in [-0.25, -0.2) is 18.7 Å². The smallest absolute Gasteiger partial charge is 0.126 e. The van der Waals surface area contributed by atoms with Crippen molar-refractivity contribution in [3.63, 3.8) is 0 Å². The Hall–Kier alpha value is -4.32. The molecule has 0 radical (unpaired) electrons. The molecular weight excluding hydrogens is 406 g/mol. The van der Waals surface area contributed by atoms with Gasteiger partial charge in [0.1, 0.15) is 11.6 Å². The van der Waals surface area contributed by atoms with E-state index in [2.05, 4.69) is 9.97 Å². The topological polar surface area (TPSA) is 57.4 Å². The molecule has 0 spiro atoms. The first-order valence-corrected chi connectivity index (χ1v) is 10.1. The number of fused-ring (bicyclic) bond motifs is 8. The predicted molar refractivity (Wildman–Crippen MR) is 124 cm³/mol. The molecule has 0 amide bonds. The molecule has 0 saturated carbocycles. The second-order valence-electron chi connectivity index (χ2n) is 7.71. The van der Waals surface area contributed by atoms with Crippen LogP contribution in [0.4, 0.5) is 8.78 Å². The van der Waals surface area contributed by atoms with Gasteiger partial charge in [0, 0.05) is 33.7 Å². The number of aromatic nitrogens is 4. The zero-order valence-electron chi connectivity index (χ0n) is 16.7. The number of nitrogens with zero attached hydrogens (tertiary/aromatic N) is 2. The Labute approximate surface area is 181 Å². The maximum atomic E-state index is 14.1. The minimum absolute atomic E-state index is 0.386. The SMILES string of the molecule is Fc1cc(F)cc(-c2c3nc(cc4ccc(cc5ccc(cc6nc2C=C6)[nH]5)[nH]4)C=C3)c1. The van der Waals surface area contributed by atoms with Crippen LogP contribution in [0.15, 0.2) is 60.7 Å². The van der Waals surface area contributed by atoms with Gasteiger partial charge in [-0.15, -0.1) is 0 Å². The highest BCUT2D eigenvalue weighted by molar-refractivity contribution is 5.89. The summed E-state index contributed by atoms with van der Waals surface area (Å²) in [5.41, 5.74) is 7.33. The minimum Gasteiger partial charge on any atom is -0.355 e. The molecule has 0 atom stereocenters. The summed E-state index contributed by atoms with van der Waals surface area (Å²) >= 11 is 0. The molecule has 0 unspecified atom stereocenters. The van der Waals surface area contributed by atoms with Crippen molar-refractivity contribution in [3.05, 3.63) is 95.1 Å². The monoisotopic (exact) mass is 422 g/mol. The Morgan fingerprint density at radius 3 is 1.50 bits per heavy atom. The van der Waals surface area contributed by atoms with E-state index < -0.39 is 11.6 Å². The first-order valence-electron chi connectivity index (χ1n) is 10.1. The third-order valence-electron chi connectivity index (χ3n) is 5.37. The summed E-state index contributed by atoms with van der Waals surface area (Å²) < 4.78 is 28.1. The second-order valence-corrected chi connectivity index (χ2v) is 7.71. The van der Waals surface area contributed by atoms with Crippen LogP contribution in [-0.4, -0.2) is 19.9 Å². The van der Waals surface area contributed by atoms with E-state index >= 15 is 0 Å². The van der Waals surface area contributed by atoms with Gasteiger partial charge >= 0.3 is 0 Å². The fourth-order valence-electron chi connectivity index (χ4n) is 4.00. The number of aromatic amines is 2. The number of halogens is 2. The molecule has 4 aromatic rings. The molecule has 1 aromatic carbocycles. The van der Waals surface area contributed by atoms with Gasteiger partial charge in [0.2, 0.25) is 0 Å². The molecule has 154 valence electrons. The van der Waals surface area contributed by atoms with Gasteiger partial charge in [0.25, 0.3) is 0 Å². The van der Waals surface area contributed by atoms with Crippen LogP contribution in [0.25, 0.3) is 57.5 Å². The highest BCUT2D eigenvalue weighted by Crippen LogP contribution is 2.32. The van der Waals surface area contributed by atoms with Crippen molar-refractivity contribution in [2.24, 2.45) is 0 Å². The Balaban J connectivity index is 1.73. The normalized spacial score (nSPS) is 12.4. The summed E-state index contributed by atoms with van der Waals surface area (Å²) in [4.78, 5) is 16.1. The zero-order valence-corrected chi connectivity index (χ0v) is 16.7. The highest BCUT2D eigenvalue weighted by atomic mass is 19.1. The van der Waals surface area contributed by atoms with E-state index in [1.165, 1.54) is 12.1 Å². The summed E-state index contributed by atoms with van der Waals surface area (Å²) in [5.74, 6) is -1.30. The lowest BCUT2D eigenvalue weighted by Crippen LogP contribution is -1.91. The molecule has 2 aliphatic rings. The van der Waals surface area contributed by atoms with E-state index in [0.29, 0.717) is 22.5 Å². The van der Waals surface area contributed by atoms with Crippen molar-refractivity contribution >= 4 is 46.4 Å². The van der Waals surface area contributed by atoms with E-state index in [1.807, 2.05) is 66.8 Å². The lowest BCUT2D eigenvalue weighted by Gasteiger charge is -2.05. The molecule has 3 aromatic heterocycles. The van der Waals surface area contributed by atoms with E-state index in [9.17, 15) is 8.78 Å². The molecule has 6 rings (SSSR count). The summed E-state index contributed by atoms with van der Waals surface area (Å²) in [6.07, 6.45) is 7.43. The number of benzene rings is 1. The zero-order chi connectivity index (χ0) is 21.7. The van der Waals surface area contributed by atoms with Gasteiger partial charge in [-0.3, -0.25) is 0 Å². The van der Waals surface area contributed by atoms with Crippen molar-refractivity contribution in [2.75, 3.05) is 0 Å². The van der Waals surface area contributed by atoms with Crippen molar-refractivity contribution < 1.29 is 8.78 Å². The quantitative estimate of drug-likeness (QED) is 0.314. The minimum atomic E-state index is -0.648. The van der Waals surface area contributed by atoms with Crippen LogP contribution >= 0.6 is 0 Å². The van der Waals surface area contributed by atoms with Gasteiger partial charge < -0.3 is 9.97 Å². The van der Waals surface area contributed by atoms with E-state index in [0.717, 1.165) is 39.5 Å². The first-order chi connectivity index (χ1) is 15.6. The molecule has 5 heterocycles. The highest BCUT2D eigenvalue weighted by Gasteiger charge is 2.15. The summed E-state index contributed by atoms with van der Waals surface area (Å²) in [5, 5.41) is 0. The van der Waals surface area contributed by atoms with Crippen LogP contribution in [0.5, 0.6) is 0 Å². The average Bonchev–Trinajstić information content (AvgIpc) is 3.53. The van der Waals surface area contributed by atoms with Gasteiger partial charge in [0.05, 0.1) is 22.8 Å². The Kier molecular flexibility index (Phi) is 4.11. The fourth-order valence-corrected chi connectivity index (χ4v) is 4.00. The Bertz CT molecular complexity index is 1490. The van der Waals surface area contributed by atoms with Crippen LogP contribution in [0.3, 0.4) is 0 Å². The summed E-state index contributed by atoms with van der Waals surface area (Å²) in [6, 6.07) is 17.3. The lowest BCUT2D eigenvalue weighted by molar-refractivity contribution is 0.584. The molecule has 0 fully saturated rings. The summed E-state index contributed by atoms with van der Waals surface area (Å²) in [6.45, 7) is 0. The number of hydrogen-bond donors (Lipinski definition) is 2. The van der Waals surface area contributed by atoms with E-state index in [4.69, 9.17) is 9.97 Å².